The predicted octanol–water partition coefficient (Wildman–Crippen LogP) is 2.43. The summed E-state index contributed by atoms with van der Waals surface area (Å²) in [7, 11) is 0. The van der Waals surface area contributed by atoms with E-state index in [9.17, 15) is 9.90 Å². The number of carbonyl (C=O) groups is 1. The number of hydrogen-bond donors (Lipinski definition) is 3. The van der Waals surface area contributed by atoms with Crippen LogP contribution in [0.1, 0.15) is 63.0 Å². The Kier molecular flexibility index (Phi) is 4.68. The Hall–Kier alpha value is -1.33. The maximum Gasteiger partial charge on any atom is 0.253 e. The summed E-state index contributed by atoms with van der Waals surface area (Å²) in [6.45, 7) is 10.9. The largest absolute Gasteiger partial charge is 0.387 e. The van der Waals surface area contributed by atoms with Crippen molar-refractivity contribution in [2.75, 3.05) is 13.2 Å². The molecular formula is C17H28N2O3. The number of H-pyrrole nitrogens is 1. The molecule has 1 aromatic rings. The second kappa shape index (κ2) is 6.05. The molecule has 1 aliphatic carbocycles. The lowest BCUT2D eigenvalue weighted by Crippen LogP contribution is -2.68. The highest BCUT2D eigenvalue weighted by molar-refractivity contribution is 5.95. The van der Waals surface area contributed by atoms with E-state index in [1.54, 1.807) is 12.3 Å². The zero-order valence-corrected chi connectivity index (χ0v) is 14.2. The quantitative estimate of drug-likeness (QED) is 0.755. The molecule has 2 rings (SSSR count). The Morgan fingerprint density at radius 1 is 1.55 bits per heavy atom. The first-order valence-electron chi connectivity index (χ1n) is 8.02. The molecule has 124 valence electrons. The first-order chi connectivity index (χ1) is 10.2. The molecular weight excluding hydrogens is 280 g/mol. The fourth-order valence-corrected chi connectivity index (χ4v) is 3.14. The molecule has 0 spiro atoms. The van der Waals surface area contributed by atoms with Gasteiger partial charge in [0, 0.05) is 36.9 Å². The summed E-state index contributed by atoms with van der Waals surface area (Å²) in [6.07, 6.45) is 2.37. The van der Waals surface area contributed by atoms with Gasteiger partial charge in [-0.2, -0.15) is 0 Å². The molecule has 2 atom stereocenters. The van der Waals surface area contributed by atoms with Crippen LogP contribution in [0.3, 0.4) is 0 Å². The number of aromatic nitrogens is 1. The molecule has 22 heavy (non-hydrogen) atoms. The Bertz CT molecular complexity index is 536. The van der Waals surface area contributed by atoms with Gasteiger partial charge in [-0.1, -0.05) is 27.7 Å². The second-order valence-corrected chi connectivity index (χ2v) is 7.04. The fourth-order valence-electron chi connectivity index (χ4n) is 3.14. The lowest BCUT2D eigenvalue weighted by Gasteiger charge is -2.57. The van der Waals surface area contributed by atoms with Crippen LogP contribution >= 0.6 is 0 Å². The van der Waals surface area contributed by atoms with Crippen molar-refractivity contribution in [1.82, 2.24) is 10.3 Å². The number of aromatic amines is 1. The zero-order chi connectivity index (χ0) is 16.5. The fraction of sp³-hybridized carbons (Fsp3) is 0.706. The highest BCUT2D eigenvalue weighted by Crippen LogP contribution is 2.50. The van der Waals surface area contributed by atoms with Gasteiger partial charge in [0.15, 0.2) is 0 Å². The normalized spacial score (nSPS) is 26.8. The molecule has 1 amide bonds. The van der Waals surface area contributed by atoms with Crippen LogP contribution in [0, 0.1) is 5.41 Å². The number of amides is 1. The number of ether oxygens (including phenoxy) is 1. The van der Waals surface area contributed by atoms with E-state index in [0.717, 1.165) is 5.69 Å². The van der Waals surface area contributed by atoms with E-state index in [-0.39, 0.29) is 29.9 Å². The summed E-state index contributed by atoms with van der Waals surface area (Å²) in [5.74, 6) is 0.107. The molecule has 0 radical (unpaired) electrons. The van der Waals surface area contributed by atoms with E-state index in [4.69, 9.17) is 4.74 Å². The maximum absolute atomic E-state index is 12.4. The third-order valence-electron chi connectivity index (χ3n) is 5.04. The minimum Gasteiger partial charge on any atom is -0.387 e. The van der Waals surface area contributed by atoms with Gasteiger partial charge in [0.2, 0.25) is 0 Å². The van der Waals surface area contributed by atoms with Crippen LogP contribution in [0.4, 0.5) is 0 Å². The number of rotatable bonds is 6. The van der Waals surface area contributed by atoms with Gasteiger partial charge in [0.1, 0.15) is 0 Å². The summed E-state index contributed by atoms with van der Waals surface area (Å²) < 4.78 is 5.64. The molecule has 5 heteroatoms. The highest BCUT2D eigenvalue weighted by atomic mass is 16.5. The molecule has 5 nitrogen and oxygen atoms in total. The third kappa shape index (κ3) is 2.79. The molecule has 1 saturated carbocycles. The third-order valence-corrected chi connectivity index (χ3v) is 5.04. The molecule has 0 bridgehead atoms. The van der Waals surface area contributed by atoms with E-state index in [2.05, 4.69) is 10.3 Å². The van der Waals surface area contributed by atoms with Gasteiger partial charge < -0.3 is 20.1 Å². The van der Waals surface area contributed by atoms with Crippen LogP contribution in [-0.2, 0) is 4.74 Å². The van der Waals surface area contributed by atoms with Crippen molar-refractivity contribution < 1.29 is 14.6 Å². The second-order valence-electron chi connectivity index (χ2n) is 7.04. The summed E-state index contributed by atoms with van der Waals surface area (Å²) in [4.78, 5) is 15.5. The Morgan fingerprint density at radius 2 is 2.23 bits per heavy atom. The lowest BCUT2D eigenvalue weighted by molar-refractivity contribution is -0.237. The average Bonchev–Trinajstić information content (AvgIpc) is 2.94. The minimum absolute atomic E-state index is 0.0397. The van der Waals surface area contributed by atoms with Gasteiger partial charge in [-0.3, -0.25) is 4.79 Å². The molecule has 1 aromatic heterocycles. The lowest BCUT2D eigenvalue weighted by atomic mass is 9.56. The highest BCUT2D eigenvalue weighted by Gasteiger charge is 2.59. The van der Waals surface area contributed by atoms with Crippen molar-refractivity contribution in [2.24, 2.45) is 5.41 Å². The van der Waals surface area contributed by atoms with E-state index in [1.807, 2.05) is 34.6 Å². The van der Waals surface area contributed by atoms with Crippen LogP contribution in [0.25, 0.3) is 0 Å². The smallest absolute Gasteiger partial charge is 0.253 e. The first-order valence-corrected chi connectivity index (χ1v) is 8.02. The molecule has 0 aliphatic heterocycles. The van der Waals surface area contributed by atoms with E-state index < -0.39 is 5.60 Å². The van der Waals surface area contributed by atoms with Crippen LogP contribution < -0.4 is 5.32 Å². The molecule has 3 N–H and O–H groups in total. The van der Waals surface area contributed by atoms with E-state index in [0.29, 0.717) is 18.6 Å². The summed E-state index contributed by atoms with van der Waals surface area (Å²) in [6, 6.07) is 1.78. The number of carbonyl (C=O) groups excluding carboxylic acids is 1. The molecule has 1 aliphatic rings. The van der Waals surface area contributed by atoms with E-state index >= 15 is 0 Å². The van der Waals surface area contributed by atoms with Crippen molar-refractivity contribution in [3.63, 3.8) is 0 Å². The zero-order valence-electron chi connectivity index (χ0n) is 14.2. The van der Waals surface area contributed by atoms with Crippen molar-refractivity contribution in [1.29, 1.82) is 0 Å². The standard InChI is InChI=1S/C17H28N2O3/c1-6-22-13-9-17(21,16(13,4)5)10-19-15(20)12-7-8-18-14(12)11(2)3/h7-8,11,13,18,21H,6,9-10H2,1-5H3,(H,19,20). The minimum atomic E-state index is -0.920. The molecule has 2 unspecified atom stereocenters. The van der Waals surface area contributed by atoms with Crippen molar-refractivity contribution in [3.05, 3.63) is 23.5 Å². The van der Waals surface area contributed by atoms with Crippen molar-refractivity contribution in [3.8, 4) is 0 Å². The molecule has 1 heterocycles. The summed E-state index contributed by atoms with van der Waals surface area (Å²) in [5, 5.41) is 13.6. The van der Waals surface area contributed by atoms with Crippen LogP contribution in [0.15, 0.2) is 12.3 Å². The Morgan fingerprint density at radius 3 is 2.77 bits per heavy atom. The number of hydrogen-bond acceptors (Lipinski definition) is 3. The van der Waals surface area contributed by atoms with Crippen LogP contribution in [0.5, 0.6) is 0 Å². The van der Waals surface area contributed by atoms with Gasteiger partial charge in [0.25, 0.3) is 5.91 Å². The van der Waals surface area contributed by atoms with Crippen molar-refractivity contribution in [2.45, 2.75) is 58.7 Å². The maximum atomic E-state index is 12.4. The number of nitrogens with one attached hydrogen (secondary N) is 2. The van der Waals surface area contributed by atoms with E-state index in [1.165, 1.54) is 0 Å². The number of aliphatic hydroxyl groups is 1. The van der Waals surface area contributed by atoms with Gasteiger partial charge in [0.05, 0.1) is 17.3 Å². The van der Waals surface area contributed by atoms with Gasteiger partial charge in [-0.15, -0.1) is 0 Å². The first kappa shape index (κ1) is 17.0. The van der Waals surface area contributed by atoms with Gasteiger partial charge >= 0.3 is 0 Å². The van der Waals surface area contributed by atoms with Crippen LogP contribution in [0.2, 0.25) is 0 Å². The van der Waals surface area contributed by atoms with Crippen molar-refractivity contribution >= 4 is 5.91 Å². The molecule has 0 aromatic carbocycles. The Balaban J connectivity index is 1.98. The monoisotopic (exact) mass is 308 g/mol. The van der Waals surface area contributed by atoms with Gasteiger partial charge in [-0.25, -0.2) is 0 Å². The molecule has 1 fully saturated rings. The summed E-state index contributed by atoms with van der Waals surface area (Å²) in [5.41, 5.74) is 0.285. The average molecular weight is 308 g/mol. The SMILES string of the molecule is CCOC1CC(O)(CNC(=O)c2cc[nH]c2C(C)C)C1(C)C. The predicted molar refractivity (Wildman–Crippen MR) is 86.0 cm³/mol. The topological polar surface area (TPSA) is 74.3 Å². The summed E-state index contributed by atoms with van der Waals surface area (Å²) >= 11 is 0. The molecule has 0 saturated heterocycles. The van der Waals surface area contributed by atoms with Crippen LogP contribution in [-0.4, -0.2) is 40.9 Å². The van der Waals surface area contributed by atoms with Gasteiger partial charge in [-0.05, 0) is 18.9 Å². The Labute approximate surface area is 132 Å².